The maximum absolute atomic E-state index is 13.8. The lowest BCUT2D eigenvalue weighted by Gasteiger charge is -2.25. The molecule has 0 aliphatic carbocycles. The van der Waals surface area contributed by atoms with Crippen molar-refractivity contribution in [3.8, 4) is 0 Å². The van der Waals surface area contributed by atoms with Gasteiger partial charge in [-0.25, -0.2) is 4.39 Å². The highest BCUT2D eigenvalue weighted by molar-refractivity contribution is 5.96. The molecule has 1 rings (SSSR count). The average Bonchev–Trinajstić information content (AvgIpc) is 2.34. The van der Waals surface area contributed by atoms with Gasteiger partial charge >= 0.3 is 5.97 Å². The molecule has 1 aromatic rings. The number of carbonyl (C=O) groups is 2. The smallest absolute Gasteiger partial charge is 0.325 e. The number of aryl methyl sites for hydroxylation is 1. The third kappa shape index (κ3) is 3.77. The number of methoxy groups -OCH3 is 1. The highest BCUT2D eigenvalue weighted by Crippen LogP contribution is 2.14. The lowest BCUT2D eigenvalue weighted by molar-refractivity contribution is -0.141. The number of nitrogens with zero attached hydrogens (tertiary/aromatic N) is 1. The quantitative estimate of drug-likeness (QED) is 0.785. The Morgan fingerprint density at radius 1 is 1.37 bits per heavy atom. The summed E-state index contributed by atoms with van der Waals surface area (Å²) < 4.78 is 18.3. The maximum atomic E-state index is 13.8. The first-order valence-electron chi connectivity index (χ1n) is 6.00. The van der Waals surface area contributed by atoms with Crippen molar-refractivity contribution in [2.24, 2.45) is 0 Å². The number of rotatable bonds is 4. The predicted molar refractivity (Wildman–Crippen MR) is 69.3 cm³/mol. The summed E-state index contributed by atoms with van der Waals surface area (Å²) in [5.74, 6) is -1.63. The van der Waals surface area contributed by atoms with E-state index in [4.69, 9.17) is 0 Å². The Balaban J connectivity index is 3.02. The summed E-state index contributed by atoms with van der Waals surface area (Å²) in [6.45, 7) is 5.06. The summed E-state index contributed by atoms with van der Waals surface area (Å²) in [6, 6.07) is 4.16. The average molecular weight is 267 g/mol. The summed E-state index contributed by atoms with van der Waals surface area (Å²) in [6.07, 6.45) is 0. The van der Waals surface area contributed by atoms with Crippen LogP contribution < -0.4 is 0 Å². The summed E-state index contributed by atoms with van der Waals surface area (Å²) in [4.78, 5) is 24.8. The van der Waals surface area contributed by atoms with Gasteiger partial charge in [0.25, 0.3) is 5.91 Å². The molecule has 0 atom stereocenters. The Labute approximate surface area is 112 Å². The van der Waals surface area contributed by atoms with E-state index in [1.54, 1.807) is 26.8 Å². The van der Waals surface area contributed by atoms with Crippen LogP contribution >= 0.6 is 0 Å². The molecule has 1 amide bonds. The van der Waals surface area contributed by atoms with Crippen LogP contribution in [0, 0.1) is 12.7 Å². The minimum atomic E-state index is -0.583. The van der Waals surface area contributed by atoms with E-state index in [-0.39, 0.29) is 18.2 Å². The second kappa shape index (κ2) is 6.31. The zero-order chi connectivity index (χ0) is 14.6. The van der Waals surface area contributed by atoms with Gasteiger partial charge in [-0.2, -0.15) is 0 Å². The number of hydrogen-bond acceptors (Lipinski definition) is 3. The molecular formula is C14H18FNO3. The fourth-order valence-electron chi connectivity index (χ4n) is 1.64. The number of amides is 1. The molecule has 0 saturated heterocycles. The minimum Gasteiger partial charge on any atom is -0.468 e. The first kappa shape index (κ1) is 15.1. The van der Waals surface area contributed by atoms with E-state index in [2.05, 4.69) is 4.74 Å². The van der Waals surface area contributed by atoms with Crippen LogP contribution in [0.25, 0.3) is 0 Å². The van der Waals surface area contributed by atoms with Crippen molar-refractivity contribution < 1.29 is 18.7 Å². The van der Waals surface area contributed by atoms with E-state index in [1.165, 1.54) is 24.1 Å². The molecule has 0 fully saturated rings. The second-order valence-corrected chi connectivity index (χ2v) is 4.59. The van der Waals surface area contributed by atoms with Gasteiger partial charge in [-0.15, -0.1) is 0 Å². The molecule has 0 bridgehead atoms. The predicted octanol–water partition coefficient (Wildman–Crippen LogP) is 2.16. The van der Waals surface area contributed by atoms with Crippen LogP contribution in [-0.4, -0.2) is 36.5 Å². The molecule has 5 heteroatoms. The third-order valence-corrected chi connectivity index (χ3v) is 2.77. The number of hydrogen-bond donors (Lipinski definition) is 0. The van der Waals surface area contributed by atoms with Gasteiger partial charge in [0.15, 0.2) is 0 Å². The molecule has 4 nitrogen and oxygen atoms in total. The van der Waals surface area contributed by atoms with Crippen LogP contribution in [0.5, 0.6) is 0 Å². The third-order valence-electron chi connectivity index (χ3n) is 2.77. The number of esters is 1. The minimum absolute atomic E-state index is 0.0387. The maximum Gasteiger partial charge on any atom is 0.325 e. The van der Waals surface area contributed by atoms with Crippen LogP contribution in [0.4, 0.5) is 4.39 Å². The van der Waals surface area contributed by atoms with E-state index in [9.17, 15) is 14.0 Å². The van der Waals surface area contributed by atoms with Crippen molar-refractivity contribution in [3.63, 3.8) is 0 Å². The summed E-state index contributed by atoms with van der Waals surface area (Å²) in [7, 11) is 1.25. The zero-order valence-corrected chi connectivity index (χ0v) is 11.6. The van der Waals surface area contributed by atoms with E-state index < -0.39 is 17.7 Å². The largest absolute Gasteiger partial charge is 0.468 e. The Kier molecular flexibility index (Phi) is 5.03. The summed E-state index contributed by atoms with van der Waals surface area (Å²) in [5.41, 5.74) is 0.696. The molecule has 0 aromatic heterocycles. The Morgan fingerprint density at radius 2 is 2.00 bits per heavy atom. The number of ether oxygens (including phenoxy) is 1. The van der Waals surface area contributed by atoms with Gasteiger partial charge in [-0.1, -0.05) is 6.07 Å². The van der Waals surface area contributed by atoms with Crippen molar-refractivity contribution in [1.29, 1.82) is 0 Å². The molecule has 19 heavy (non-hydrogen) atoms. The molecule has 0 heterocycles. The lowest BCUT2D eigenvalue weighted by atomic mass is 10.1. The molecule has 1 aromatic carbocycles. The highest BCUT2D eigenvalue weighted by atomic mass is 19.1. The van der Waals surface area contributed by atoms with E-state index >= 15 is 0 Å². The van der Waals surface area contributed by atoms with Crippen LogP contribution in [0.3, 0.4) is 0 Å². The van der Waals surface area contributed by atoms with Gasteiger partial charge < -0.3 is 9.64 Å². The fourth-order valence-corrected chi connectivity index (χ4v) is 1.64. The van der Waals surface area contributed by atoms with Crippen LogP contribution in [-0.2, 0) is 9.53 Å². The van der Waals surface area contributed by atoms with E-state index in [0.29, 0.717) is 0 Å². The van der Waals surface area contributed by atoms with Crippen LogP contribution in [0.15, 0.2) is 18.2 Å². The topological polar surface area (TPSA) is 46.6 Å². The molecule has 0 N–H and O–H groups in total. The Hall–Kier alpha value is -1.91. The fraction of sp³-hybridized carbons (Fsp3) is 0.429. The van der Waals surface area contributed by atoms with E-state index in [1.807, 2.05) is 0 Å². The number of halogens is 1. The normalized spacial score (nSPS) is 10.4. The van der Waals surface area contributed by atoms with Gasteiger partial charge in [-0.3, -0.25) is 9.59 Å². The number of carbonyl (C=O) groups excluding carboxylic acids is 2. The standard InChI is InChI=1S/C14H18FNO3/c1-9(2)16(8-13(17)19-4)14(18)11-6-5-10(3)7-12(11)15/h5-7,9H,8H2,1-4H3. The Morgan fingerprint density at radius 3 is 2.47 bits per heavy atom. The van der Waals surface area contributed by atoms with Gasteiger partial charge in [0.1, 0.15) is 12.4 Å². The molecule has 0 aliphatic rings. The Bertz CT molecular complexity index is 486. The van der Waals surface area contributed by atoms with Crippen molar-refractivity contribution in [2.75, 3.05) is 13.7 Å². The van der Waals surface area contributed by atoms with E-state index in [0.717, 1.165) is 5.56 Å². The van der Waals surface area contributed by atoms with Crippen molar-refractivity contribution >= 4 is 11.9 Å². The van der Waals surface area contributed by atoms with Crippen molar-refractivity contribution in [3.05, 3.63) is 35.1 Å². The summed E-state index contributed by atoms with van der Waals surface area (Å²) >= 11 is 0. The van der Waals surface area contributed by atoms with Gasteiger partial charge in [0, 0.05) is 6.04 Å². The van der Waals surface area contributed by atoms with Gasteiger partial charge in [-0.05, 0) is 38.5 Å². The lowest BCUT2D eigenvalue weighted by Crippen LogP contribution is -2.41. The monoisotopic (exact) mass is 267 g/mol. The van der Waals surface area contributed by atoms with Gasteiger partial charge in [0.05, 0.1) is 12.7 Å². The molecule has 0 saturated carbocycles. The second-order valence-electron chi connectivity index (χ2n) is 4.59. The van der Waals surface area contributed by atoms with Gasteiger partial charge in [0.2, 0.25) is 0 Å². The van der Waals surface area contributed by atoms with Crippen molar-refractivity contribution in [2.45, 2.75) is 26.8 Å². The van der Waals surface area contributed by atoms with Crippen LogP contribution in [0.2, 0.25) is 0 Å². The number of benzene rings is 1. The van der Waals surface area contributed by atoms with Crippen LogP contribution in [0.1, 0.15) is 29.8 Å². The molecule has 0 spiro atoms. The zero-order valence-electron chi connectivity index (χ0n) is 11.6. The molecular weight excluding hydrogens is 249 g/mol. The SMILES string of the molecule is COC(=O)CN(C(=O)c1ccc(C)cc1F)C(C)C. The van der Waals surface area contributed by atoms with Crippen molar-refractivity contribution in [1.82, 2.24) is 4.90 Å². The first-order chi connectivity index (χ1) is 8.86. The molecule has 0 unspecified atom stereocenters. The molecule has 0 radical (unpaired) electrons. The molecule has 104 valence electrons. The first-order valence-corrected chi connectivity index (χ1v) is 6.00. The molecule has 0 aliphatic heterocycles. The highest BCUT2D eigenvalue weighted by Gasteiger charge is 2.24. The summed E-state index contributed by atoms with van der Waals surface area (Å²) in [5, 5.41) is 0.